The van der Waals surface area contributed by atoms with Gasteiger partial charge in [0.15, 0.2) is 11.5 Å². The lowest BCUT2D eigenvalue weighted by molar-refractivity contribution is 0.102. The number of rotatable bonds is 4. The van der Waals surface area contributed by atoms with Gasteiger partial charge in [-0.05, 0) is 42.5 Å². The van der Waals surface area contributed by atoms with Crippen LogP contribution in [0.4, 0.5) is 10.2 Å². The number of hydrogen-bond acceptors (Lipinski definition) is 5. The number of carbonyl (C=O) groups excluding carboxylic acids is 1. The van der Waals surface area contributed by atoms with Crippen molar-refractivity contribution in [2.75, 3.05) is 5.32 Å². The van der Waals surface area contributed by atoms with E-state index in [4.69, 9.17) is 0 Å². The van der Waals surface area contributed by atoms with Gasteiger partial charge < -0.3 is 10.3 Å². The van der Waals surface area contributed by atoms with Crippen LogP contribution < -0.4 is 10.9 Å². The third-order valence-electron chi connectivity index (χ3n) is 4.80. The van der Waals surface area contributed by atoms with Gasteiger partial charge in [-0.25, -0.2) is 13.9 Å². The van der Waals surface area contributed by atoms with E-state index in [0.717, 1.165) is 11.1 Å². The summed E-state index contributed by atoms with van der Waals surface area (Å²) in [5, 5.41) is 11.7. The third-order valence-corrected chi connectivity index (χ3v) is 4.80. The van der Waals surface area contributed by atoms with Crippen molar-refractivity contribution in [2.24, 2.45) is 7.05 Å². The van der Waals surface area contributed by atoms with E-state index >= 15 is 0 Å². The van der Waals surface area contributed by atoms with Gasteiger partial charge >= 0.3 is 0 Å². The molecule has 4 heterocycles. The highest BCUT2D eigenvalue weighted by atomic mass is 19.1. The third kappa shape index (κ3) is 3.65. The van der Waals surface area contributed by atoms with Crippen LogP contribution in [0.3, 0.4) is 0 Å². The van der Waals surface area contributed by atoms with Gasteiger partial charge in [0.1, 0.15) is 17.2 Å². The minimum Gasteiger partial charge on any atom is -0.318 e. The number of hydrogen-bond donors (Lipinski definition) is 2. The zero-order chi connectivity index (χ0) is 22.2. The average molecular weight is 429 g/mol. The molecule has 0 bridgehead atoms. The van der Waals surface area contributed by atoms with Crippen LogP contribution in [-0.4, -0.2) is 35.3 Å². The fourth-order valence-corrected chi connectivity index (χ4v) is 3.35. The lowest BCUT2D eigenvalue weighted by Gasteiger charge is -2.03. The van der Waals surface area contributed by atoms with Crippen molar-refractivity contribution in [1.82, 2.24) is 29.4 Å². The summed E-state index contributed by atoms with van der Waals surface area (Å²) in [6.45, 7) is 0. The second-order valence-corrected chi connectivity index (χ2v) is 7.10. The molecule has 32 heavy (non-hydrogen) atoms. The Hall–Kier alpha value is -4.60. The first-order valence-electron chi connectivity index (χ1n) is 9.63. The van der Waals surface area contributed by atoms with Crippen LogP contribution in [0.5, 0.6) is 0 Å². The summed E-state index contributed by atoms with van der Waals surface area (Å²) in [4.78, 5) is 30.6. The number of H-pyrrole nitrogens is 1. The SMILES string of the molecule is Cn1cc(-c2ccc3nc(NC(=O)c4cccc(=O)[nH]4)cn3n2)c(-c2ccc(F)cc2)n1. The Labute approximate surface area is 180 Å². The molecule has 5 rings (SSSR count). The summed E-state index contributed by atoms with van der Waals surface area (Å²) in [7, 11) is 1.80. The Morgan fingerprint density at radius 1 is 1.03 bits per heavy atom. The maximum atomic E-state index is 13.3. The minimum absolute atomic E-state index is 0.127. The molecule has 0 radical (unpaired) electrons. The lowest BCUT2D eigenvalue weighted by atomic mass is 10.1. The zero-order valence-electron chi connectivity index (χ0n) is 16.8. The molecular formula is C22H16FN7O2. The van der Waals surface area contributed by atoms with Crippen LogP contribution in [-0.2, 0) is 7.05 Å². The molecule has 158 valence electrons. The molecule has 2 N–H and O–H groups in total. The van der Waals surface area contributed by atoms with Crippen molar-refractivity contribution >= 4 is 17.4 Å². The summed E-state index contributed by atoms with van der Waals surface area (Å²) >= 11 is 0. The van der Waals surface area contributed by atoms with E-state index in [1.165, 1.54) is 30.3 Å². The first-order valence-corrected chi connectivity index (χ1v) is 9.63. The van der Waals surface area contributed by atoms with Gasteiger partial charge in [0.2, 0.25) is 5.56 Å². The fraction of sp³-hybridized carbons (Fsp3) is 0.0455. The molecule has 0 aliphatic rings. The Balaban J connectivity index is 1.48. The van der Waals surface area contributed by atoms with Gasteiger partial charge in [-0.3, -0.25) is 14.3 Å². The molecule has 0 aliphatic carbocycles. The van der Waals surface area contributed by atoms with Crippen molar-refractivity contribution < 1.29 is 9.18 Å². The molecule has 0 unspecified atom stereocenters. The quantitative estimate of drug-likeness (QED) is 0.457. The second-order valence-electron chi connectivity index (χ2n) is 7.10. The van der Waals surface area contributed by atoms with Crippen molar-refractivity contribution in [3.63, 3.8) is 0 Å². The Bertz CT molecular complexity index is 1520. The van der Waals surface area contributed by atoms with Crippen LogP contribution in [0.25, 0.3) is 28.2 Å². The van der Waals surface area contributed by atoms with Crippen LogP contribution in [0.15, 0.2) is 71.8 Å². The highest BCUT2D eigenvalue weighted by Gasteiger charge is 2.15. The first-order chi connectivity index (χ1) is 15.5. The molecule has 5 aromatic rings. The summed E-state index contributed by atoms with van der Waals surface area (Å²) in [6, 6.07) is 14.0. The highest BCUT2D eigenvalue weighted by molar-refractivity contribution is 6.02. The second kappa shape index (κ2) is 7.58. The molecule has 0 atom stereocenters. The van der Waals surface area contributed by atoms with Crippen molar-refractivity contribution in [2.45, 2.75) is 0 Å². The molecule has 0 spiro atoms. The van der Waals surface area contributed by atoms with E-state index < -0.39 is 5.91 Å². The van der Waals surface area contributed by atoms with Crippen LogP contribution in [0, 0.1) is 5.82 Å². The van der Waals surface area contributed by atoms with Gasteiger partial charge in [0, 0.05) is 30.4 Å². The maximum absolute atomic E-state index is 13.3. The van der Waals surface area contributed by atoms with E-state index in [2.05, 4.69) is 25.5 Å². The van der Waals surface area contributed by atoms with E-state index in [-0.39, 0.29) is 22.9 Å². The number of amides is 1. The Morgan fingerprint density at radius 3 is 2.62 bits per heavy atom. The number of imidazole rings is 1. The Morgan fingerprint density at radius 2 is 1.84 bits per heavy atom. The molecule has 0 aliphatic heterocycles. The molecular weight excluding hydrogens is 413 g/mol. The molecule has 9 nitrogen and oxygen atoms in total. The monoisotopic (exact) mass is 429 g/mol. The first kappa shape index (κ1) is 19.4. The Kier molecular flexibility index (Phi) is 4.59. The molecule has 1 amide bonds. The van der Waals surface area contributed by atoms with Gasteiger partial charge in [0.25, 0.3) is 5.91 Å². The van der Waals surface area contributed by atoms with Crippen LogP contribution in [0.1, 0.15) is 10.5 Å². The molecule has 1 aromatic carbocycles. The van der Waals surface area contributed by atoms with Crippen LogP contribution >= 0.6 is 0 Å². The van der Waals surface area contributed by atoms with E-state index in [1.807, 2.05) is 6.20 Å². The molecule has 10 heteroatoms. The molecule has 0 fully saturated rings. The number of aryl methyl sites for hydroxylation is 1. The average Bonchev–Trinajstić information content (AvgIpc) is 3.36. The fourth-order valence-electron chi connectivity index (χ4n) is 3.35. The smallest absolute Gasteiger partial charge is 0.273 e. The number of aromatic nitrogens is 6. The normalized spacial score (nSPS) is 11.1. The van der Waals surface area contributed by atoms with Gasteiger partial charge in [-0.15, -0.1) is 0 Å². The lowest BCUT2D eigenvalue weighted by Crippen LogP contribution is -2.18. The number of nitrogens with zero attached hydrogens (tertiary/aromatic N) is 5. The van der Waals surface area contributed by atoms with Gasteiger partial charge in [-0.2, -0.15) is 10.2 Å². The van der Waals surface area contributed by atoms with E-state index in [1.54, 1.807) is 46.7 Å². The number of aromatic amines is 1. The molecule has 0 saturated carbocycles. The largest absolute Gasteiger partial charge is 0.318 e. The minimum atomic E-state index is -0.489. The highest BCUT2D eigenvalue weighted by Crippen LogP contribution is 2.30. The molecule has 4 aromatic heterocycles. The summed E-state index contributed by atoms with van der Waals surface area (Å²) in [6.07, 6.45) is 3.41. The summed E-state index contributed by atoms with van der Waals surface area (Å²) in [5.74, 6) is -0.523. The number of halogens is 1. The number of carbonyl (C=O) groups is 1. The molecule has 0 saturated heterocycles. The topological polar surface area (TPSA) is 110 Å². The number of fused-ring (bicyclic) bond motifs is 1. The van der Waals surface area contributed by atoms with E-state index in [9.17, 15) is 14.0 Å². The maximum Gasteiger partial charge on any atom is 0.273 e. The van der Waals surface area contributed by atoms with Gasteiger partial charge in [-0.1, -0.05) is 6.07 Å². The number of anilines is 1. The number of benzene rings is 1. The van der Waals surface area contributed by atoms with Crippen molar-refractivity contribution in [1.29, 1.82) is 0 Å². The van der Waals surface area contributed by atoms with Gasteiger partial charge in [0.05, 0.1) is 11.9 Å². The summed E-state index contributed by atoms with van der Waals surface area (Å²) in [5.41, 5.74) is 3.11. The predicted octanol–water partition coefficient (Wildman–Crippen LogP) is 2.88. The zero-order valence-corrected chi connectivity index (χ0v) is 16.8. The van der Waals surface area contributed by atoms with E-state index in [0.29, 0.717) is 17.0 Å². The summed E-state index contributed by atoms with van der Waals surface area (Å²) < 4.78 is 16.5. The number of pyridine rings is 1. The van der Waals surface area contributed by atoms with Crippen LogP contribution in [0.2, 0.25) is 0 Å². The number of nitrogens with one attached hydrogen (secondary N) is 2. The standard InChI is InChI=1S/C22H16FN7O2/c1-29-11-15(21(28-29)13-5-7-14(23)8-6-13)16-9-10-19-25-18(12-30(19)27-16)26-22(32)17-3-2-4-20(31)24-17/h2-12H,1H3,(H,24,31)(H,26,32). The van der Waals surface area contributed by atoms with Crippen molar-refractivity contribution in [3.05, 3.63) is 88.9 Å². The predicted molar refractivity (Wildman–Crippen MR) is 116 cm³/mol. The van der Waals surface area contributed by atoms with Crippen molar-refractivity contribution in [3.8, 4) is 22.5 Å².